The molecule has 0 saturated carbocycles. The average molecular weight is 353 g/mol. The van der Waals surface area contributed by atoms with E-state index in [0.717, 1.165) is 24.0 Å². The van der Waals surface area contributed by atoms with Crippen LogP contribution in [0.3, 0.4) is 0 Å². The first kappa shape index (κ1) is 20.2. The van der Waals surface area contributed by atoms with Crippen LogP contribution in [0.1, 0.15) is 81.9 Å². The van der Waals surface area contributed by atoms with Gasteiger partial charge in [0.2, 0.25) is 0 Å². The van der Waals surface area contributed by atoms with Crippen molar-refractivity contribution in [3.05, 3.63) is 71.8 Å². The second-order valence-corrected chi connectivity index (χ2v) is 6.92. The normalized spacial score (nSPS) is 10.8. The molecule has 0 saturated heterocycles. The molecule has 26 heavy (non-hydrogen) atoms. The molecule has 0 amide bonds. The van der Waals surface area contributed by atoms with E-state index in [1.165, 1.54) is 38.5 Å². The fourth-order valence-corrected chi connectivity index (χ4v) is 3.18. The Balaban J connectivity index is 1.78. The maximum absolute atomic E-state index is 12.4. The predicted octanol–water partition coefficient (Wildman–Crippen LogP) is 6.85. The Hall–Kier alpha value is -2.09. The molecule has 2 aromatic rings. The lowest BCUT2D eigenvalue weighted by Gasteiger charge is -2.19. The summed E-state index contributed by atoms with van der Waals surface area (Å²) in [4.78, 5) is 12.4. The minimum Gasteiger partial charge on any atom is -0.453 e. The second kappa shape index (κ2) is 12.3. The van der Waals surface area contributed by atoms with Crippen LogP contribution in [0, 0.1) is 0 Å². The van der Waals surface area contributed by atoms with Gasteiger partial charge in [-0.2, -0.15) is 0 Å². The van der Waals surface area contributed by atoms with E-state index in [4.69, 9.17) is 4.74 Å². The molecular formula is C24H32O2. The van der Waals surface area contributed by atoms with Crippen molar-refractivity contribution in [3.63, 3.8) is 0 Å². The van der Waals surface area contributed by atoms with Crippen LogP contribution in [0.4, 0.5) is 0 Å². The van der Waals surface area contributed by atoms with E-state index in [0.29, 0.717) is 6.42 Å². The fourth-order valence-electron chi connectivity index (χ4n) is 3.18. The molecule has 0 radical (unpaired) electrons. The van der Waals surface area contributed by atoms with Crippen LogP contribution in [0.25, 0.3) is 0 Å². The van der Waals surface area contributed by atoms with Gasteiger partial charge in [-0.25, -0.2) is 0 Å². The first-order chi connectivity index (χ1) is 12.8. The van der Waals surface area contributed by atoms with Gasteiger partial charge >= 0.3 is 5.97 Å². The summed E-state index contributed by atoms with van der Waals surface area (Å²) in [5.41, 5.74) is 2.03. The van der Waals surface area contributed by atoms with Gasteiger partial charge in [-0.1, -0.05) is 113 Å². The zero-order valence-corrected chi connectivity index (χ0v) is 16.0. The zero-order valence-electron chi connectivity index (χ0n) is 16.0. The summed E-state index contributed by atoms with van der Waals surface area (Å²) in [7, 11) is 0. The van der Waals surface area contributed by atoms with Crippen molar-refractivity contribution in [2.24, 2.45) is 0 Å². The Morgan fingerprint density at radius 3 is 1.69 bits per heavy atom. The number of hydrogen-bond donors (Lipinski definition) is 0. The van der Waals surface area contributed by atoms with Crippen LogP contribution in [0.5, 0.6) is 0 Å². The molecule has 0 aliphatic rings. The maximum atomic E-state index is 12.4. The Morgan fingerprint density at radius 2 is 1.19 bits per heavy atom. The smallest absolute Gasteiger partial charge is 0.306 e. The lowest BCUT2D eigenvalue weighted by atomic mass is 10.0. The molecule has 0 N–H and O–H groups in total. The summed E-state index contributed by atoms with van der Waals surface area (Å²) in [6.45, 7) is 2.24. The number of carbonyl (C=O) groups is 1. The van der Waals surface area contributed by atoms with Crippen molar-refractivity contribution in [2.45, 2.75) is 70.8 Å². The Labute approximate surface area is 158 Å². The standard InChI is InChI=1S/C24H32O2/c1-2-3-4-5-6-7-8-15-20-23(25)26-24(21-16-11-9-12-17-21)22-18-13-10-14-19-22/h9-14,16-19,24H,2-8,15,20H2,1H3. The molecule has 0 aromatic heterocycles. The summed E-state index contributed by atoms with van der Waals surface area (Å²) < 4.78 is 5.84. The maximum Gasteiger partial charge on any atom is 0.306 e. The first-order valence-electron chi connectivity index (χ1n) is 10.1. The van der Waals surface area contributed by atoms with Crippen molar-refractivity contribution in [1.82, 2.24) is 0 Å². The number of ether oxygens (including phenoxy) is 1. The third kappa shape index (κ3) is 7.43. The lowest BCUT2D eigenvalue weighted by Crippen LogP contribution is -2.12. The van der Waals surface area contributed by atoms with Crippen LogP contribution in [0.2, 0.25) is 0 Å². The number of rotatable bonds is 12. The van der Waals surface area contributed by atoms with Gasteiger partial charge < -0.3 is 4.74 Å². The molecule has 0 atom stereocenters. The van der Waals surface area contributed by atoms with Gasteiger partial charge in [0.25, 0.3) is 0 Å². The van der Waals surface area contributed by atoms with Crippen molar-refractivity contribution in [1.29, 1.82) is 0 Å². The van der Waals surface area contributed by atoms with E-state index in [2.05, 4.69) is 6.92 Å². The van der Waals surface area contributed by atoms with Gasteiger partial charge in [0.15, 0.2) is 6.10 Å². The summed E-state index contributed by atoms with van der Waals surface area (Å²) in [6, 6.07) is 20.0. The number of hydrogen-bond acceptors (Lipinski definition) is 2. The lowest BCUT2D eigenvalue weighted by molar-refractivity contribution is -0.147. The largest absolute Gasteiger partial charge is 0.453 e. The number of carbonyl (C=O) groups excluding carboxylic acids is 1. The van der Waals surface area contributed by atoms with E-state index in [-0.39, 0.29) is 12.1 Å². The molecule has 0 aliphatic heterocycles. The van der Waals surface area contributed by atoms with Crippen molar-refractivity contribution >= 4 is 5.97 Å². The molecule has 2 heteroatoms. The van der Waals surface area contributed by atoms with Crippen LogP contribution in [0.15, 0.2) is 60.7 Å². The highest BCUT2D eigenvalue weighted by Crippen LogP contribution is 2.26. The third-order valence-electron chi connectivity index (χ3n) is 4.69. The highest BCUT2D eigenvalue weighted by atomic mass is 16.5. The highest BCUT2D eigenvalue weighted by Gasteiger charge is 2.18. The SMILES string of the molecule is CCCCCCCCCCC(=O)OC(c1ccccc1)c1ccccc1. The molecule has 2 nitrogen and oxygen atoms in total. The van der Waals surface area contributed by atoms with E-state index in [1.807, 2.05) is 60.7 Å². The summed E-state index contributed by atoms with van der Waals surface area (Å²) in [5, 5.41) is 0. The summed E-state index contributed by atoms with van der Waals surface area (Å²) in [6.07, 6.45) is 10.0. The summed E-state index contributed by atoms with van der Waals surface area (Å²) in [5.74, 6) is -0.103. The van der Waals surface area contributed by atoms with Gasteiger partial charge in [-0.3, -0.25) is 4.79 Å². The van der Waals surface area contributed by atoms with E-state index in [9.17, 15) is 4.79 Å². The average Bonchev–Trinajstić information content (AvgIpc) is 2.69. The number of benzene rings is 2. The van der Waals surface area contributed by atoms with Gasteiger partial charge in [0.05, 0.1) is 0 Å². The molecule has 0 heterocycles. The molecule has 2 rings (SSSR count). The molecule has 0 spiro atoms. The van der Waals surface area contributed by atoms with E-state index >= 15 is 0 Å². The van der Waals surface area contributed by atoms with Crippen LogP contribution >= 0.6 is 0 Å². The van der Waals surface area contributed by atoms with E-state index in [1.54, 1.807) is 0 Å². The van der Waals surface area contributed by atoms with Crippen molar-refractivity contribution < 1.29 is 9.53 Å². The van der Waals surface area contributed by atoms with Gasteiger partial charge in [-0.15, -0.1) is 0 Å². The third-order valence-corrected chi connectivity index (χ3v) is 4.69. The van der Waals surface area contributed by atoms with Crippen molar-refractivity contribution in [2.75, 3.05) is 0 Å². The van der Waals surface area contributed by atoms with Gasteiger partial charge in [0, 0.05) is 6.42 Å². The Morgan fingerprint density at radius 1 is 0.731 bits per heavy atom. The predicted molar refractivity (Wildman–Crippen MR) is 108 cm³/mol. The number of esters is 1. The van der Waals surface area contributed by atoms with Crippen LogP contribution in [-0.2, 0) is 9.53 Å². The molecule has 0 fully saturated rings. The second-order valence-electron chi connectivity index (χ2n) is 6.92. The highest BCUT2D eigenvalue weighted by molar-refractivity contribution is 5.70. The quantitative estimate of drug-likeness (QED) is 0.308. The fraction of sp³-hybridized carbons (Fsp3) is 0.458. The molecular weight excluding hydrogens is 320 g/mol. The number of unbranched alkanes of at least 4 members (excludes halogenated alkanes) is 7. The molecule has 2 aromatic carbocycles. The Bertz CT molecular complexity index is 567. The van der Waals surface area contributed by atoms with Crippen LogP contribution in [-0.4, -0.2) is 5.97 Å². The van der Waals surface area contributed by atoms with Crippen molar-refractivity contribution in [3.8, 4) is 0 Å². The first-order valence-corrected chi connectivity index (χ1v) is 10.1. The molecule has 0 unspecified atom stereocenters. The molecule has 0 bridgehead atoms. The molecule has 0 aliphatic carbocycles. The van der Waals surface area contributed by atoms with E-state index < -0.39 is 0 Å². The van der Waals surface area contributed by atoms with Crippen LogP contribution < -0.4 is 0 Å². The topological polar surface area (TPSA) is 26.3 Å². The minimum absolute atomic E-state index is 0.103. The monoisotopic (exact) mass is 352 g/mol. The summed E-state index contributed by atoms with van der Waals surface area (Å²) >= 11 is 0. The minimum atomic E-state index is -0.320. The Kier molecular flexibility index (Phi) is 9.56. The molecule has 140 valence electrons. The van der Waals surface area contributed by atoms with Gasteiger partial charge in [0.1, 0.15) is 0 Å². The van der Waals surface area contributed by atoms with Gasteiger partial charge in [-0.05, 0) is 17.5 Å². The zero-order chi connectivity index (χ0) is 18.5.